The third-order valence-electron chi connectivity index (χ3n) is 6.72. The zero-order chi connectivity index (χ0) is 28.3. The van der Waals surface area contributed by atoms with Crippen LogP contribution in [0.4, 0.5) is 5.69 Å². The van der Waals surface area contributed by atoms with E-state index in [4.69, 9.17) is 0 Å². The van der Waals surface area contributed by atoms with Crippen molar-refractivity contribution in [1.29, 1.82) is 0 Å². The normalized spacial score (nSPS) is 11.6. The molecule has 39 heavy (non-hydrogen) atoms. The maximum atomic E-state index is 13.6. The average molecular weight is 543 g/mol. The Morgan fingerprint density at radius 2 is 1.54 bits per heavy atom. The van der Waals surface area contributed by atoms with Gasteiger partial charge in [0, 0.05) is 22.6 Å². The molecule has 0 saturated heterocycles. The van der Waals surface area contributed by atoms with Crippen LogP contribution in [0.5, 0.6) is 0 Å². The molecule has 1 aromatic heterocycles. The molecule has 0 radical (unpaired) electrons. The van der Waals surface area contributed by atoms with Crippen molar-refractivity contribution in [1.82, 2.24) is 9.99 Å². The van der Waals surface area contributed by atoms with Crippen LogP contribution in [-0.2, 0) is 14.8 Å². The second-order valence-electron chi connectivity index (χ2n) is 9.89. The zero-order valence-electron chi connectivity index (χ0n) is 23.2. The van der Waals surface area contributed by atoms with Crippen molar-refractivity contribution in [3.05, 3.63) is 112 Å². The SMILES string of the molecule is Cc1cc(C)cc(N(CC(=O)N/N=C\c2cc(C)n(-c3ccc(C)c(C)c3)c2C)S(=O)(=O)c2ccccc2)c1. The molecule has 1 amide bonds. The minimum absolute atomic E-state index is 0.110. The molecule has 0 atom stereocenters. The maximum Gasteiger partial charge on any atom is 0.264 e. The van der Waals surface area contributed by atoms with Gasteiger partial charge in [0.05, 0.1) is 16.8 Å². The molecule has 8 heteroatoms. The van der Waals surface area contributed by atoms with Crippen LogP contribution in [0.25, 0.3) is 5.69 Å². The third-order valence-corrected chi connectivity index (χ3v) is 8.51. The van der Waals surface area contributed by atoms with Gasteiger partial charge in [0.25, 0.3) is 15.9 Å². The van der Waals surface area contributed by atoms with Crippen LogP contribution in [0.2, 0.25) is 0 Å². The Balaban J connectivity index is 1.57. The van der Waals surface area contributed by atoms with Gasteiger partial charge in [0.1, 0.15) is 6.54 Å². The summed E-state index contributed by atoms with van der Waals surface area (Å²) in [4.78, 5) is 13.1. The lowest BCUT2D eigenvalue weighted by Crippen LogP contribution is -2.39. The maximum absolute atomic E-state index is 13.6. The highest BCUT2D eigenvalue weighted by atomic mass is 32.2. The molecule has 0 aliphatic heterocycles. The Bertz CT molecular complexity index is 1630. The van der Waals surface area contributed by atoms with E-state index in [1.165, 1.54) is 23.3 Å². The van der Waals surface area contributed by atoms with E-state index < -0.39 is 22.5 Å². The summed E-state index contributed by atoms with van der Waals surface area (Å²) in [7, 11) is -3.99. The Hall–Kier alpha value is -4.17. The van der Waals surface area contributed by atoms with Crippen LogP contribution < -0.4 is 9.73 Å². The molecular formula is C31H34N4O3S. The molecule has 0 unspecified atom stereocenters. The highest BCUT2D eigenvalue weighted by Crippen LogP contribution is 2.26. The van der Waals surface area contributed by atoms with Gasteiger partial charge >= 0.3 is 0 Å². The van der Waals surface area contributed by atoms with E-state index in [2.05, 4.69) is 47.1 Å². The Morgan fingerprint density at radius 3 is 2.18 bits per heavy atom. The molecule has 0 bridgehead atoms. The van der Waals surface area contributed by atoms with Crippen molar-refractivity contribution in [3.8, 4) is 5.69 Å². The summed E-state index contributed by atoms with van der Waals surface area (Å²) < 4.78 is 30.4. The number of rotatable bonds is 8. The van der Waals surface area contributed by atoms with Crippen molar-refractivity contribution in [3.63, 3.8) is 0 Å². The molecule has 0 aliphatic rings. The molecular weight excluding hydrogens is 508 g/mol. The van der Waals surface area contributed by atoms with E-state index in [0.29, 0.717) is 5.69 Å². The molecule has 4 rings (SSSR count). The summed E-state index contributed by atoms with van der Waals surface area (Å²) in [6.07, 6.45) is 1.59. The summed E-state index contributed by atoms with van der Waals surface area (Å²) in [5, 5.41) is 4.16. The fourth-order valence-corrected chi connectivity index (χ4v) is 6.08. The number of hydrogen-bond donors (Lipinski definition) is 1. The molecule has 0 fully saturated rings. The summed E-state index contributed by atoms with van der Waals surface area (Å²) in [5.41, 5.74) is 11.1. The molecule has 4 aromatic rings. The Labute approximate surface area is 230 Å². The molecule has 0 saturated carbocycles. The second kappa shape index (κ2) is 11.3. The van der Waals surface area contributed by atoms with Gasteiger partial charge in [-0.3, -0.25) is 9.10 Å². The number of sulfonamides is 1. The molecule has 1 N–H and O–H groups in total. The number of benzene rings is 3. The van der Waals surface area contributed by atoms with Crippen molar-refractivity contribution < 1.29 is 13.2 Å². The first-order valence-corrected chi connectivity index (χ1v) is 14.2. The number of amides is 1. The quantitative estimate of drug-likeness (QED) is 0.230. The monoisotopic (exact) mass is 542 g/mol. The van der Waals surface area contributed by atoms with E-state index >= 15 is 0 Å². The number of hydrazone groups is 1. The molecule has 0 aliphatic carbocycles. The molecule has 1 heterocycles. The first-order chi connectivity index (χ1) is 18.5. The lowest BCUT2D eigenvalue weighted by Gasteiger charge is -2.24. The number of hydrogen-bond acceptors (Lipinski definition) is 4. The highest BCUT2D eigenvalue weighted by Gasteiger charge is 2.27. The van der Waals surface area contributed by atoms with Crippen molar-refractivity contribution in [2.75, 3.05) is 10.8 Å². The van der Waals surface area contributed by atoms with Gasteiger partial charge in [-0.25, -0.2) is 13.8 Å². The summed E-state index contributed by atoms with van der Waals surface area (Å²) >= 11 is 0. The molecule has 0 spiro atoms. The van der Waals surface area contributed by atoms with Gasteiger partial charge in [-0.2, -0.15) is 5.10 Å². The Morgan fingerprint density at radius 1 is 0.872 bits per heavy atom. The van der Waals surface area contributed by atoms with Gasteiger partial charge in [-0.15, -0.1) is 0 Å². The van der Waals surface area contributed by atoms with Crippen molar-refractivity contribution in [2.45, 2.75) is 46.4 Å². The standard InChI is InChI=1S/C31H34N4O3S/c1-21-14-22(2)16-29(15-21)34(39(37,38)30-10-8-7-9-11-30)20-31(36)33-32-19-27-18-25(5)35(26(27)6)28-13-12-23(3)24(4)17-28/h7-19H,20H2,1-6H3,(H,33,36)/b32-19-. The summed E-state index contributed by atoms with van der Waals surface area (Å²) in [5.74, 6) is -0.548. The van der Waals surface area contributed by atoms with Crippen molar-refractivity contribution >= 4 is 27.8 Å². The van der Waals surface area contributed by atoms with E-state index in [1.54, 1.807) is 36.5 Å². The number of anilines is 1. The van der Waals surface area contributed by atoms with E-state index in [0.717, 1.165) is 38.1 Å². The van der Waals surface area contributed by atoms with Crippen LogP contribution in [0, 0.1) is 41.5 Å². The predicted molar refractivity (Wildman–Crippen MR) is 157 cm³/mol. The van der Waals surface area contributed by atoms with Crippen LogP contribution >= 0.6 is 0 Å². The lowest BCUT2D eigenvalue weighted by molar-refractivity contribution is -0.119. The fraction of sp³-hybridized carbons (Fsp3) is 0.226. The van der Waals surface area contributed by atoms with Crippen LogP contribution in [-0.4, -0.2) is 31.7 Å². The van der Waals surface area contributed by atoms with Crippen LogP contribution in [0.15, 0.2) is 82.8 Å². The zero-order valence-corrected chi connectivity index (χ0v) is 24.0. The van der Waals surface area contributed by atoms with Crippen LogP contribution in [0.1, 0.15) is 39.2 Å². The van der Waals surface area contributed by atoms with E-state index in [9.17, 15) is 13.2 Å². The number of carbonyl (C=O) groups is 1. The minimum Gasteiger partial charge on any atom is -0.318 e. The molecule has 7 nitrogen and oxygen atoms in total. The number of aromatic nitrogens is 1. The number of carbonyl (C=O) groups excluding carboxylic acids is 1. The topological polar surface area (TPSA) is 83.8 Å². The number of nitrogens with one attached hydrogen (secondary N) is 1. The van der Waals surface area contributed by atoms with Gasteiger partial charge < -0.3 is 4.57 Å². The first kappa shape index (κ1) is 27.9. The van der Waals surface area contributed by atoms with Gasteiger partial charge in [0.2, 0.25) is 0 Å². The largest absolute Gasteiger partial charge is 0.318 e. The first-order valence-electron chi connectivity index (χ1n) is 12.7. The average Bonchev–Trinajstić information content (AvgIpc) is 3.16. The number of nitrogens with zero attached hydrogens (tertiary/aromatic N) is 3. The van der Waals surface area contributed by atoms with E-state index in [-0.39, 0.29) is 4.90 Å². The van der Waals surface area contributed by atoms with Gasteiger partial charge in [-0.05, 0) is 106 Å². The smallest absolute Gasteiger partial charge is 0.264 e. The fourth-order valence-electron chi connectivity index (χ4n) is 4.65. The summed E-state index contributed by atoms with van der Waals surface area (Å²) in [6, 6.07) is 21.9. The highest BCUT2D eigenvalue weighted by molar-refractivity contribution is 7.92. The molecule has 3 aromatic carbocycles. The Kier molecular flexibility index (Phi) is 8.06. The minimum atomic E-state index is -3.99. The summed E-state index contributed by atoms with van der Waals surface area (Å²) in [6.45, 7) is 11.6. The predicted octanol–water partition coefficient (Wildman–Crippen LogP) is 5.67. The van der Waals surface area contributed by atoms with E-state index in [1.807, 2.05) is 39.8 Å². The van der Waals surface area contributed by atoms with Gasteiger partial charge in [0.15, 0.2) is 0 Å². The van der Waals surface area contributed by atoms with Gasteiger partial charge in [-0.1, -0.05) is 30.3 Å². The van der Waals surface area contributed by atoms with Crippen molar-refractivity contribution in [2.24, 2.45) is 5.10 Å². The second-order valence-corrected chi connectivity index (χ2v) is 11.8. The number of aryl methyl sites for hydroxylation is 5. The third kappa shape index (κ3) is 6.12. The molecule has 202 valence electrons. The lowest BCUT2D eigenvalue weighted by atomic mass is 10.1. The van der Waals surface area contributed by atoms with Crippen LogP contribution in [0.3, 0.4) is 0 Å².